The number of hydrogen-bond donors (Lipinski definition) is 2. The van der Waals surface area contributed by atoms with Gasteiger partial charge in [-0.25, -0.2) is 14.8 Å². The highest BCUT2D eigenvalue weighted by Gasteiger charge is 2.13. The summed E-state index contributed by atoms with van der Waals surface area (Å²) in [5, 5.41) is 9.89. The van der Waals surface area contributed by atoms with Crippen molar-refractivity contribution in [1.82, 2.24) is 15.0 Å². The molecule has 0 saturated heterocycles. The fraction of sp³-hybridized carbons (Fsp3) is 0. The molecule has 0 spiro atoms. The number of aromatic nitrogens is 3. The Balaban J connectivity index is 2.18. The Morgan fingerprint density at radius 1 is 1.32 bits per heavy atom. The van der Waals surface area contributed by atoms with Crippen LogP contribution in [0, 0.1) is 0 Å². The summed E-state index contributed by atoms with van der Waals surface area (Å²) in [5.41, 5.74) is 1.46. The SMILES string of the molecule is O=C(O)c1cnc(-c2nc3ccccc3cc2Br)[nH]1. The summed E-state index contributed by atoms with van der Waals surface area (Å²) in [6.07, 6.45) is 1.28. The molecule has 0 aliphatic rings. The summed E-state index contributed by atoms with van der Waals surface area (Å²) >= 11 is 3.43. The highest BCUT2D eigenvalue weighted by molar-refractivity contribution is 9.10. The standard InChI is InChI=1S/C13H8BrN3O2/c14-8-5-7-3-1-2-4-9(7)16-11(8)12-15-6-10(17-12)13(18)19/h1-6H,(H,15,17)(H,18,19). The first-order valence-electron chi connectivity index (χ1n) is 5.49. The molecule has 5 nitrogen and oxygen atoms in total. The number of aromatic amines is 1. The van der Waals surface area contributed by atoms with Crippen LogP contribution in [0.5, 0.6) is 0 Å². The lowest BCUT2D eigenvalue weighted by molar-refractivity contribution is 0.0691. The summed E-state index contributed by atoms with van der Waals surface area (Å²) in [6.45, 7) is 0. The van der Waals surface area contributed by atoms with Crippen LogP contribution in [0.15, 0.2) is 41.0 Å². The van der Waals surface area contributed by atoms with Crippen LogP contribution in [-0.2, 0) is 0 Å². The molecule has 0 aliphatic heterocycles. The first-order valence-corrected chi connectivity index (χ1v) is 6.28. The number of fused-ring (bicyclic) bond motifs is 1. The van der Waals surface area contributed by atoms with E-state index in [-0.39, 0.29) is 5.69 Å². The predicted octanol–water partition coefficient (Wildman–Crippen LogP) is 3.09. The van der Waals surface area contributed by atoms with Gasteiger partial charge in [-0.15, -0.1) is 0 Å². The average Bonchev–Trinajstić information content (AvgIpc) is 2.87. The van der Waals surface area contributed by atoms with Crippen LogP contribution >= 0.6 is 15.9 Å². The van der Waals surface area contributed by atoms with Gasteiger partial charge in [-0.2, -0.15) is 0 Å². The summed E-state index contributed by atoms with van der Waals surface area (Å²) in [5.74, 6) is -0.620. The Morgan fingerprint density at radius 2 is 2.11 bits per heavy atom. The molecule has 19 heavy (non-hydrogen) atoms. The zero-order chi connectivity index (χ0) is 13.4. The number of benzene rings is 1. The van der Waals surface area contributed by atoms with E-state index < -0.39 is 5.97 Å². The van der Waals surface area contributed by atoms with Crippen molar-refractivity contribution in [3.05, 3.63) is 46.7 Å². The molecule has 0 fully saturated rings. The minimum Gasteiger partial charge on any atom is -0.477 e. The molecule has 6 heteroatoms. The zero-order valence-electron chi connectivity index (χ0n) is 9.59. The number of carboxylic acid groups (broad SMARTS) is 1. The first kappa shape index (κ1) is 11.9. The number of H-pyrrole nitrogens is 1. The predicted molar refractivity (Wildman–Crippen MR) is 74.0 cm³/mol. The van der Waals surface area contributed by atoms with E-state index in [1.165, 1.54) is 6.20 Å². The third-order valence-corrected chi connectivity index (χ3v) is 3.31. The van der Waals surface area contributed by atoms with Gasteiger partial charge in [-0.1, -0.05) is 18.2 Å². The van der Waals surface area contributed by atoms with Crippen molar-refractivity contribution in [3.8, 4) is 11.5 Å². The number of halogens is 1. The van der Waals surface area contributed by atoms with E-state index in [4.69, 9.17) is 5.11 Å². The maximum atomic E-state index is 10.8. The van der Waals surface area contributed by atoms with Crippen LogP contribution in [0.25, 0.3) is 22.4 Å². The van der Waals surface area contributed by atoms with E-state index >= 15 is 0 Å². The Bertz CT molecular complexity index is 782. The number of carboxylic acids is 1. The smallest absolute Gasteiger partial charge is 0.353 e. The molecular weight excluding hydrogens is 310 g/mol. The van der Waals surface area contributed by atoms with Crippen molar-refractivity contribution < 1.29 is 9.90 Å². The van der Waals surface area contributed by atoms with Crippen molar-refractivity contribution in [2.75, 3.05) is 0 Å². The van der Waals surface area contributed by atoms with E-state index in [1.807, 2.05) is 30.3 Å². The molecule has 0 radical (unpaired) electrons. The maximum absolute atomic E-state index is 10.8. The molecule has 3 rings (SSSR count). The molecule has 0 unspecified atom stereocenters. The molecule has 2 heterocycles. The fourth-order valence-electron chi connectivity index (χ4n) is 1.81. The van der Waals surface area contributed by atoms with Crippen LogP contribution in [-0.4, -0.2) is 26.0 Å². The number of para-hydroxylation sites is 1. The van der Waals surface area contributed by atoms with E-state index in [2.05, 4.69) is 30.9 Å². The van der Waals surface area contributed by atoms with Gasteiger partial charge in [0.25, 0.3) is 0 Å². The lowest BCUT2D eigenvalue weighted by atomic mass is 10.2. The second-order valence-electron chi connectivity index (χ2n) is 3.96. The van der Waals surface area contributed by atoms with Gasteiger partial charge >= 0.3 is 5.97 Å². The van der Waals surface area contributed by atoms with Gasteiger partial charge in [-0.3, -0.25) is 0 Å². The van der Waals surface area contributed by atoms with Gasteiger partial charge < -0.3 is 10.1 Å². The lowest BCUT2D eigenvalue weighted by Crippen LogP contribution is -1.96. The molecule has 2 aromatic heterocycles. The fourth-order valence-corrected chi connectivity index (χ4v) is 2.33. The van der Waals surface area contributed by atoms with Crippen molar-refractivity contribution in [1.29, 1.82) is 0 Å². The molecule has 1 aromatic carbocycles. The van der Waals surface area contributed by atoms with Gasteiger partial charge in [-0.05, 0) is 28.1 Å². The Morgan fingerprint density at radius 3 is 2.84 bits per heavy atom. The second-order valence-corrected chi connectivity index (χ2v) is 4.82. The Labute approximate surface area is 116 Å². The Hall–Kier alpha value is -2.21. The number of pyridine rings is 1. The van der Waals surface area contributed by atoms with Crippen LogP contribution in [0.4, 0.5) is 0 Å². The van der Waals surface area contributed by atoms with Crippen LogP contribution in [0.1, 0.15) is 10.5 Å². The summed E-state index contributed by atoms with van der Waals surface area (Å²) < 4.78 is 0.762. The third-order valence-electron chi connectivity index (χ3n) is 2.71. The van der Waals surface area contributed by atoms with Gasteiger partial charge in [0.2, 0.25) is 0 Å². The molecular formula is C13H8BrN3O2. The summed E-state index contributed by atoms with van der Waals surface area (Å²) in [7, 11) is 0. The second kappa shape index (κ2) is 4.47. The zero-order valence-corrected chi connectivity index (χ0v) is 11.2. The largest absolute Gasteiger partial charge is 0.477 e. The summed E-state index contributed by atoms with van der Waals surface area (Å²) in [4.78, 5) is 22.1. The number of carbonyl (C=O) groups is 1. The average molecular weight is 318 g/mol. The van der Waals surface area contributed by atoms with Gasteiger partial charge in [0.1, 0.15) is 11.4 Å². The summed E-state index contributed by atoms with van der Waals surface area (Å²) in [6, 6.07) is 9.62. The van der Waals surface area contributed by atoms with Crippen LogP contribution < -0.4 is 0 Å². The number of hydrogen-bond acceptors (Lipinski definition) is 3. The van der Waals surface area contributed by atoms with Crippen molar-refractivity contribution >= 4 is 32.8 Å². The van der Waals surface area contributed by atoms with Crippen molar-refractivity contribution in [2.24, 2.45) is 0 Å². The monoisotopic (exact) mass is 317 g/mol. The van der Waals surface area contributed by atoms with Gasteiger partial charge in [0, 0.05) is 9.86 Å². The molecule has 94 valence electrons. The van der Waals surface area contributed by atoms with E-state index in [9.17, 15) is 4.79 Å². The molecule has 0 aliphatic carbocycles. The normalized spacial score (nSPS) is 10.8. The number of aromatic carboxylic acids is 1. The number of nitrogens with zero attached hydrogens (tertiary/aromatic N) is 2. The quantitative estimate of drug-likeness (QED) is 0.761. The van der Waals surface area contributed by atoms with Crippen LogP contribution in [0.2, 0.25) is 0 Å². The highest BCUT2D eigenvalue weighted by atomic mass is 79.9. The first-order chi connectivity index (χ1) is 9.15. The van der Waals surface area contributed by atoms with E-state index in [0.29, 0.717) is 11.5 Å². The minimum absolute atomic E-state index is 0.0388. The molecule has 0 bridgehead atoms. The minimum atomic E-state index is -1.05. The number of rotatable bonds is 2. The van der Waals surface area contributed by atoms with Gasteiger partial charge in [0.15, 0.2) is 5.82 Å². The van der Waals surface area contributed by atoms with Gasteiger partial charge in [0.05, 0.1) is 11.7 Å². The molecule has 0 amide bonds. The third kappa shape index (κ3) is 2.10. The maximum Gasteiger partial charge on any atom is 0.353 e. The van der Waals surface area contributed by atoms with Crippen molar-refractivity contribution in [2.45, 2.75) is 0 Å². The molecule has 0 saturated carbocycles. The van der Waals surface area contributed by atoms with Crippen LogP contribution in [0.3, 0.4) is 0 Å². The van der Waals surface area contributed by atoms with E-state index in [1.54, 1.807) is 0 Å². The Kier molecular flexibility index (Phi) is 2.79. The topological polar surface area (TPSA) is 78.9 Å². The highest BCUT2D eigenvalue weighted by Crippen LogP contribution is 2.27. The number of nitrogens with one attached hydrogen (secondary N) is 1. The molecule has 0 atom stereocenters. The molecule has 2 N–H and O–H groups in total. The van der Waals surface area contributed by atoms with Crippen molar-refractivity contribution in [3.63, 3.8) is 0 Å². The van der Waals surface area contributed by atoms with E-state index in [0.717, 1.165) is 15.4 Å². The lowest BCUT2D eigenvalue weighted by Gasteiger charge is -2.03. The molecule has 3 aromatic rings. The number of imidazole rings is 1.